The largest absolute Gasteiger partial charge is 0.235 e. The minimum absolute atomic E-state index is 0.0318. The fraction of sp³-hybridized carbons (Fsp3) is 0.750. The van der Waals surface area contributed by atoms with E-state index >= 15 is 0 Å². The van der Waals surface area contributed by atoms with Crippen LogP contribution >= 0.6 is 0 Å². The number of hydrogen-bond donors (Lipinski definition) is 0. The smallest absolute Gasteiger partial charge is 0.211 e. The van der Waals surface area contributed by atoms with Crippen LogP contribution in [0.1, 0.15) is 26.2 Å². The Morgan fingerprint density at radius 1 is 1.33 bits per heavy atom. The van der Waals surface area contributed by atoms with E-state index in [1.807, 2.05) is 6.92 Å². The molecule has 0 amide bonds. The van der Waals surface area contributed by atoms with Crippen LogP contribution < -0.4 is 0 Å². The maximum atomic E-state index is 9.89. The first-order chi connectivity index (χ1) is 5.85. The first-order valence-corrected chi connectivity index (χ1v) is 3.95. The van der Waals surface area contributed by atoms with Crippen molar-refractivity contribution in [2.75, 3.05) is 6.54 Å². The second-order valence-corrected chi connectivity index (χ2v) is 2.40. The van der Waals surface area contributed by atoms with Crippen LogP contribution in [0.4, 0.5) is 0 Å². The molecule has 0 aliphatic rings. The highest BCUT2D eigenvalue weighted by Gasteiger charge is 2.01. The molecule has 0 aromatic carbocycles. The van der Waals surface area contributed by atoms with E-state index in [9.17, 15) is 9.59 Å². The molecule has 4 heteroatoms. The SMILES string of the molecule is CCC(CCCN=C=O)N=C=O. The van der Waals surface area contributed by atoms with Crippen molar-refractivity contribution in [2.24, 2.45) is 9.98 Å². The maximum Gasteiger partial charge on any atom is 0.235 e. The van der Waals surface area contributed by atoms with Crippen molar-refractivity contribution in [3.8, 4) is 0 Å². The first kappa shape index (κ1) is 10.8. The molecule has 0 rings (SSSR count). The highest BCUT2D eigenvalue weighted by Crippen LogP contribution is 2.05. The lowest BCUT2D eigenvalue weighted by Crippen LogP contribution is -2.02. The van der Waals surface area contributed by atoms with E-state index in [4.69, 9.17) is 0 Å². The van der Waals surface area contributed by atoms with Gasteiger partial charge in [-0.2, -0.15) is 0 Å². The van der Waals surface area contributed by atoms with Gasteiger partial charge >= 0.3 is 0 Å². The van der Waals surface area contributed by atoms with Gasteiger partial charge in [-0.25, -0.2) is 19.6 Å². The summed E-state index contributed by atoms with van der Waals surface area (Å²) in [5.41, 5.74) is 0. The van der Waals surface area contributed by atoms with Gasteiger partial charge < -0.3 is 0 Å². The van der Waals surface area contributed by atoms with Crippen LogP contribution in [0, 0.1) is 0 Å². The lowest BCUT2D eigenvalue weighted by Gasteiger charge is -2.04. The lowest BCUT2D eigenvalue weighted by molar-refractivity contribution is 0.536. The van der Waals surface area contributed by atoms with Crippen LogP contribution in [0.15, 0.2) is 9.98 Å². The second kappa shape index (κ2) is 7.86. The van der Waals surface area contributed by atoms with Gasteiger partial charge in [-0.1, -0.05) is 6.92 Å². The van der Waals surface area contributed by atoms with E-state index in [-0.39, 0.29) is 6.04 Å². The molecular formula is C8H12N2O2. The molecule has 12 heavy (non-hydrogen) atoms. The van der Waals surface area contributed by atoms with Gasteiger partial charge in [0.25, 0.3) is 0 Å². The van der Waals surface area contributed by atoms with Crippen molar-refractivity contribution in [1.82, 2.24) is 0 Å². The third-order valence-corrected chi connectivity index (χ3v) is 1.58. The third kappa shape index (κ3) is 5.54. The predicted molar refractivity (Wildman–Crippen MR) is 44.4 cm³/mol. The number of carbonyl (C=O) groups excluding carboxylic acids is 2. The molecule has 1 atom stereocenters. The number of rotatable bonds is 6. The van der Waals surface area contributed by atoms with Crippen molar-refractivity contribution in [1.29, 1.82) is 0 Å². The summed E-state index contributed by atoms with van der Waals surface area (Å²) < 4.78 is 0. The van der Waals surface area contributed by atoms with E-state index in [1.54, 1.807) is 0 Å². The van der Waals surface area contributed by atoms with Crippen LogP contribution in [0.3, 0.4) is 0 Å². The molecule has 0 spiro atoms. The fourth-order valence-electron chi connectivity index (χ4n) is 0.886. The molecule has 1 unspecified atom stereocenters. The van der Waals surface area contributed by atoms with Gasteiger partial charge in [-0.3, -0.25) is 0 Å². The van der Waals surface area contributed by atoms with E-state index in [0.29, 0.717) is 6.54 Å². The van der Waals surface area contributed by atoms with Crippen LogP contribution in [0.2, 0.25) is 0 Å². The second-order valence-electron chi connectivity index (χ2n) is 2.40. The van der Waals surface area contributed by atoms with Crippen LogP contribution in [-0.4, -0.2) is 24.7 Å². The zero-order chi connectivity index (χ0) is 9.23. The number of hydrogen-bond acceptors (Lipinski definition) is 4. The molecule has 0 radical (unpaired) electrons. The quantitative estimate of drug-likeness (QED) is 0.340. The molecule has 0 aromatic rings. The Bertz CT molecular complexity index is 203. The van der Waals surface area contributed by atoms with Crippen molar-refractivity contribution in [3.63, 3.8) is 0 Å². The molecule has 0 saturated carbocycles. The molecule has 0 N–H and O–H groups in total. The predicted octanol–water partition coefficient (Wildman–Crippen LogP) is 1.22. The number of nitrogens with zero attached hydrogens (tertiary/aromatic N) is 2. The zero-order valence-electron chi connectivity index (χ0n) is 7.12. The average Bonchev–Trinajstić information content (AvgIpc) is 2.10. The Morgan fingerprint density at radius 2 is 2.08 bits per heavy atom. The summed E-state index contributed by atoms with van der Waals surface area (Å²) in [6.07, 6.45) is 5.34. The summed E-state index contributed by atoms with van der Waals surface area (Å²) in [7, 11) is 0. The van der Waals surface area contributed by atoms with E-state index in [2.05, 4.69) is 9.98 Å². The van der Waals surface area contributed by atoms with E-state index < -0.39 is 0 Å². The molecule has 0 aliphatic carbocycles. The van der Waals surface area contributed by atoms with Gasteiger partial charge in [0.05, 0.1) is 12.6 Å². The van der Waals surface area contributed by atoms with Gasteiger partial charge in [-0.05, 0) is 19.3 Å². The van der Waals surface area contributed by atoms with Crippen molar-refractivity contribution in [2.45, 2.75) is 32.2 Å². The normalized spacial score (nSPS) is 11.1. The molecule has 0 fully saturated rings. The Morgan fingerprint density at radius 3 is 2.58 bits per heavy atom. The van der Waals surface area contributed by atoms with Crippen LogP contribution in [-0.2, 0) is 9.59 Å². The molecule has 0 bridgehead atoms. The summed E-state index contributed by atoms with van der Waals surface area (Å²) in [5.74, 6) is 0. The lowest BCUT2D eigenvalue weighted by atomic mass is 10.1. The fourth-order valence-corrected chi connectivity index (χ4v) is 0.886. The Hall–Kier alpha value is -1.24. The van der Waals surface area contributed by atoms with Gasteiger partial charge in [0.15, 0.2) is 0 Å². The van der Waals surface area contributed by atoms with Gasteiger partial charge in [0.2, 0.25) is 12.2 Å². The molecule has 0 aliphatic heterocycles. The molecule has 0 heterocycles. The highest BCUT2D eigenvalue weighted by molar-refractivity contribution is 5.33. The van der Waals surface area contributed by atoms with Crippen molar-refractivity contribution in [3.05, 3.63) is 0 Å². The Balaban J connectivity index is 3.57. The molecule has 0 saturated heterocycles. The molecule has 0 aromatic heterocycles. The third-order valence-electron chi connectivity index (χ3n) is 1.58. The molecule has 4 nitrogen and oxygen atoms in total. The van der Waals surface area contributed by atoms with Crippen molar-refractivity contribution < 1.29 is 9.59 Å². The summed E-state index contributed by atoms with van der Waals surface area (Å²) in [6.45, 7) is 2.42. The zero-order valence-corrected chi connectivity index (χ0v) is 7.12. The van der Waals surface area contributed by atoms with Gasteiger partial charge in [0.1, 0.15) is 0 Å². The highest BCUT2D eigenvalue weighted by atomic mass is 16.1. The van der Waals surface area contributed by atoms with Gasteiger partial charge in [0, 0.05) is 0 Å². The minimum Gasteiger partial charge on any atom is -0.211 e. The van der Waals surface area contributed by atoms with E-state index in [0.717, 1.165) is 19.3 Å². The van der Waals surface area contributed by atoms with Gasteiger partial charge in [-0.15, -0.1) is 0 Å². The molecular weight excluding hydrogens is 156 g/mol. The maximum absolute atomic E-state index is 9.89. The molecule has 66 valence electrons. The van der Waals surface area contributed by atoms with E-state index in [1.165, 1.54) is 12.2 Å². The Kier molecular flexibility index (Phi) is 7.05. The minimum atomic E-state index is 0.0318. The average molecular weight is 168 g/mol. The first-order valence-electron chi connectivity index (χ1n) is 3.95. The van der Waals surface area contributed by atoms with Crippen molar-refractivity contribution >= 4 is 12.2 Å². The summed E-state index contributed by atoms with van der Waals surface area (Å²) in [5, 5.41) is 0. The number of aliphatic imine (C=N–C) groups is 2. The summed E-state index contributed by atoms with van der Waals surface area (Å²) >= 11 is 0. The summed E-state index contributed by atoms with van der Waals surface area (Å²) in [4.78, 5) is 26.5. The number of isocyanates is 2. The van der Waals surface area contributed by atoms with Crippen LogP contribution in [0.25, 0.3) is 0 Å². The topological polar surface area (TPSA) is 58.9 Å². The monoisotopic (exact) mass is 168 g/mol. The van der Waals surface area contributed by atoms with Crippen LogP contribution in [0.5, 0.6) is 0 Å². The standard InChI is InChI=1S/C8H12N2O2/c1-2-8(10-7-12)4-3-5-9-6-11/h8H,2-5H2,1H3. The summed E-state index contributed by atoms with van der Waals surface area (Å²) in [6, 6.07) is 0.0318. The Labute approximate surface area is 71.4 Å².